The van der Waals surface area contributed by atoms with Gasteiger partial charge >= 0.3 is 12.0 Å². The third kappa shape index (κ3) is 4.81. The molecular weight excluding hydrogens is 355 g/mol. The molecular formula is C18H21FN4O4. The van der Waals surface area contributed by atoms with Crippen molar-refractivity contribution in [3.63, 3.8) is 0 Å². The van der Waals surface area contributed by atoms with E-state index in [1.165, 1.54) is 12.1 Å². The van der Waals surface area contributed by atoms with Gasteiger partial charge < -0.3 is 20.3 Å². The van der Waals surface area contributed by atoms with Crippen LogP contribution in [0, 0.1) is 11.7 Å². The van der Waals surface area contributed by atoms with Gasteiger partial charge in [-0.2, -0.15) is 4.98 Å². The van der Waals surface area contributed by atoms with Crippen LogP contribution in [0.15, 0.2) is 28.8 Å². The molecule has 0 spiro atoms. The van der Waals surface area contributed by atoms with Crippen molar-refractivity contribution in [3.8, 4) is 11.4 Å². The van der Waals surface area contributed by atoms with Crippen molar-refractivity contribution >= 4 is 12.0 Å². The summed E-state index contributed by atoms with van der Waals surface area (Å²) in [6, 6.07) is 4.86. The van der Waals surface area contributed by atoms with Crippen LogP contribution in [-0.2, 0) is 4.79 Å². The molecule has 3 N–H and O–H groups in total. The van der Waals surface area contributed by atoms with Crippen molar-refractivity contribution in [2.24, 2.45) is 5.92 Å². The number of carboxylic acid groups (broad SMARTS) is 1. The highest BCUT2D eigenvalue weighted by Crippen LogP contribution is 2.24. The van der Waals surface area contributed by atoms with Crippen molar-refractivity contribution in [1.29, 1.82) is 0 Å². The molecule has 2 aromatic rings. The molecule has 3 rings (SSSR count). The number of carboxylic acids is 1. The average Bonchev–Trinajstić information content (AvgIpc) is 3.12. The quantitative estimate of drug-likeness (QED) is 0.739. The fraction of sp³-hybridized carbons (Fsp3) is 0.444. The van der Waals surface area contributed by atoms with Crippen LogP contribution in [0.3, 0.4) is 0 Å². The Balaban J connectivity index is 1.52. The van der Waals surface area contributed by atoms with E-state index in [9.17, 15) is 14.0 Å². The van der Waals surface area contributed by atoms with E-state index in [1.807, 2.05) is 0 Å². The van der Waals surface area contributed by atoms with Gasteiger partial charge in [-0.05, 0) is 44.7 Å². The minimum atomic E-state index is -0.781. The number of nitrogens with zero attached hydrogens (tertiary/aromatic N) is 2. The zero-order valence-corrected chi connectivity index (χ0v) is 14.8. The van der Waals surface area contributed by atoms with E-state index in [0.29, 0.717) is 31.2 Å². The predicted octanol–water partition coefficient (Wildman–Crippen LogP) is 2.88. The molecule has 9 heteroatoms. The van der Waals surface area contributed by atoms with Crippen LogP contribution in [0.1, 0.15) is 44.5 Å². The number of urea groups is 1. The average molecular weight is 376 g/mol. The molecule has 1 aromatic carbocycles. The molecule has 1 unspecified atom stereocenters. The van der Waals surface area contributed by atoms with E-state index < -0.39 is 17.8 Å². The molecule has 1 heterocycles. The lowest BCUT2D eigenvalue weighted by atomic mass is 9.86. The van der Waals surface area contributed by atoms with Gasteiger partial charge in [0.25, 0.3) is 0 Å². The maximum atomic E-state index is 13.3. The van der Waals surface area contributed by atoms with Crippen molar-refractivity contribution in [2.45, 2.75) is 44.7 Å². The summed E-state index contributed by atoms with van der Waals surface area (Å²) >= 11 is 0. The number of benzene rings is 1. The van der Waals surface area contributed by atoms with Crippen molar-refractivity contribution in [3.05, 3.63) is 36.0 Å². The molecule has 0 saturated heterocycles. The Morgan fingerprint density at radius 2 is 2.04 bits per heavy atom. The van der Waals surface area contributed by atoms with Crippen LogP contribution in [0.4, 0.5) is 9.18 Å². The molecule has 8 nitrogen and oxygen atoms in total. The molecule has 0 bridgehead atoms. The second kappa shape index (κ2) is 8.15. The van der Waals surface area contributed by atoms with Gasteiger partial charge in [0.2, 0.25) is 11.7 Å². The first-order chi connectivity index (χ1) is 12.9. The summed E-state index contributed by atoms with van der Waals surface area (Å²) < 4.78 is 18.5. The first-order valence-corrected chi connectivity index (χ1v) is 8.81. The predicted molar refractivity (Wildman–Crippen MR) is 93.2 cm³/mol. The topological polar surface area (TPSA) is 117 Å². The van der Waals surface area contributed by atoms with Crippen molar-refractivity contribution in [1.82, 2.24) is 20.8 Å². The van der Waals surface area contributed by atoms with Crippen LogP contribution in [0.5, 0.6) is 0 Å². The Hall–Kier alpha value is -2.97. The number of amides is 2. The van der Waals surface area contributed by atoms with Gasteiger partial charge in [0.15, 0.2) is 0 Å². The zero-order valence-electron chi connectivity index (χ0n) is 14.8. The Bertz CT molecular complexity index is 817. The molecule has 27 heavy (non-hydrogen) atoms. The maximum absolute atomic E-state index is 13.3. The summed E-state index contributed by atoms with van der Waals surface area (Å²) in [5.74, 6) is -1.06. The highest BCUT2D eigenvalue weighted by atomic mass is 19.1. The largest absolute Gasteiger partial charge is 0.481 e. The molecule has 1 aliphatic rings. The lowest BCUT2D eigenvalue weighted by Crippen LogP contribution is -2.44. The Kier molecular flexibility index (Phi) is 5.68. The molecule has 1 fully saturated rings. The van der Waals surface area contributed by atoms with E-state index >= 15 is 0 Å². The fourth-order valence-electron chi connectivity index (χ4n) is 3.13. The number of hydrogen-bond acceptors (Lipinski definition) is 5. The summed E-state index contributed by atoms with van der Waals surface area (Å²) in [6.07, 6.45) is 2.36. The Labute approximate surface area is 155 Å². The Morgan fingerprint density at radius 1 is 1.30 bits per heavy atom. The lowest BCUT2D eigenvalue weighted by Gasteiger charge is -2.27. The SMILES string of the molecule is CC(NC(=O)NC1CCC(C(=O)O)CC1)c1nc(-c2cccc(F)c2)no1. The van der Waals surface area contributed by atoms with Gasteiger partial charge in [0, 0.05) is 11.6 Å². The first-order valence-electron chi connectivity index (χ1n) is 8.81. The van der Waals surface area contributed by atoms with Gasteiger partial charge in [0.1, 0.15) is 11.9 Å². The van der Waals surface area contributed by atoms with Crippen LogP contribution in [0.25, 0.3) is 11.4 Å². The second-order valence-corrected chi connectivity index (χ2v) is 6.69. The van der Waals surface area contributed by atoms with Gasteiger partial charge in [-0.15, -0.1) is 0 Å². The number of aromatic nitrogens is 2. The van der Waals surface area contributed by atoms with Crippen LogP contribution in [-0.4, -0.2) is 33.3 Å². The Morgan fingerprint density at radius 3 is 2.70 bits per heavy atom. The minimum Gasteiger partial charge on any atom is -0.481 e. The van der Waals surface area contributed by atoms with Gasteiger partial charge in [0.05, 0.1) is 5.92 Å². The molecule has 1 aromatic heterocycles. The van der Waals surface area contributed by atoms with Gasteiger partial charge in [-0.3, -0.25) is 4.79 Å². The number of rotatable bonds is 5. The standard InChI is InChI=1S/C18H21FN4O4/c1-10(16-22-15(23-27-16)12-3-2-4-13(19)9-12)20-18(26)21-14-7-5-11(6-8-14)17(24)25/h2-4,9-11,14H,5-8H2,1H3,(H,24,25)(H2,20,21,26). The molecule has 0 aliphatic heterocycles. The number of carbonyl (C=O) groups is 2. The monoisotopic (exact) mass is 376 g/mol. The summed E-state index contributed by atoms with van der Waals surface area (Å²) in [4.78, 5) is 27.3. The molecule has 2 amide bonds. The molecule has 1 aliphatic carbocycles. The number of hydrogen-bond donors (Lipinski definition) is 3. The summed E-state index contributed by atoms with van der Waals surface area (Å²) in [5.41, 5.74) is 0.483. The van der Waals surface area contributed by atoms with Crippen molar-refractivity contribution in [2.75, 3.05) is 0 Å². The van der Waals surface area contributed by atoms with Gasteiger partial charge in [-0.1, -0.05) is 17.3 Å². The third-order valence-electron chi connectivity index (χ3n) is 4.65. The highest BCUT2D eigenvalue weighted by molar-refractivity contribution is 5.74. The third-order valence-corrected chi connectivity index (χ3v) is 4.65. The first kappa shape index (κ1) is 18.8. The molecule has 1 atom stereocenters. The van der Waals surface area contributed by atoms with E-state index in [4.69, 9.17) is 9.63 Å². The second-order valence-electron chi connectivity index (χ2n) is 6.69. The highest BCUT2D eigenvalue weighted by Gasteiger charge is 2.27. The van der Waals surface area contributed by atoms with E-state index in [1.54, 1.807) is 19.1 Å². The van der Waals surface area contributed by atoms with E-state index in [0.717, 1.165) is 0 Å². The van der Waals surface area contributed by atoms with Crippen LogP contribution >= 0.6 is 0 Å². The number of halogens is 1. The fourth-order valence-corrected chi connectivity index (χ4v) is 3.13. The van der Waals surface area contributed by atoms with E-state index in [2.05, 4.69) is 20.8 Å². The normalized spacial score (nSPS) is 20.7. The molecule has 1 saturated carbocycles. The molecule has 144 valence electrons. The lowest BCUT2D eigenvalue weighted by molar-refractivity contribution is -0.142. The summed E-state index contributed by atoms with van der Waals surface area (Å²) in [5, 5.41) is 18.4. The summed E-state index contributed by atoms with van der Waals surface area (Å²) in [6.45, 7) is 1.70. The van der Waals surface area contributed by atoms with Crippen LogP contribution < -0.4 is 10.6 Å². The van der Waals surface area contributed by atoms with E-state index in [-0.39, 0.29) is 29.7 Å². The zero-order chi connectivity index (χ0) is 19.4. The molecule has 0 radical (unpaired) electrons. The number of nitrogens with one attached hydrogen (secondary N) is 2. The number of aliphatic carboxylic acids is 1. The van der Waals surface area contributed by atoms with Crippen LogP contribution in [0.2, 0.25) is 0 Å². The van der Waals surface area contributed by atoms with Crippen molar-refractivity contribution < 1.29 is 23.6 Å². The smallest absolute Gasteiger partial charge is 0.315 e. The summed E-state index contributed by atoms with van der Waals surface area (Å²) in [7, 11) is 0. The maximum Gasteiger partial charge on any atom is 0.315 e. The van der Waals surface area contributed by atoms with Gasteiger partial charge in [-0.25, -0.2) is 9.18 Å². The minimum absolute atomic E-state index is 0.0571. The number of carbonyl (C=O) groups excluding carboxylic acids is 1.